The highest BCUT2D eigenvalue weighted by Crippen LogP contribution is 2.23. The molecule has 0 aromatic carbocycles. The van der Waals surface area contributed by atoms with Gasteiger partial charge in [0.05, 0.1) is 5.92 Å². The van der Waals surface area contributed by atoms with Crippen LogP contribution in [-0.2, 0) is 0 Å². The van der Waals surface area contributed by atoms with Gasteiger partial charge < -0.3 is 9.84 Å². The SMILES string of the molecule is c1cc(-c2noc([C@H]3CCNC3)n2)ccn1. The van der Waals surface area contributed by atoms with E-state index >= 15 is 0 Å². The van der Waals surface area contributed by atoms with Crippen molar-refractivity contribution in [2.45, 2.75) is 12.3 Å². The van der Waals surface area contributed by atoms with Gasteiger partial charge in [0.2, 0.25) is 11.7 Å². The van der Waals surface area contributed by atoms with Crippen molar-refractivity contribution in [3.8, 4) is 11.4 Å². The third-order valence-corrected chi connectivity index (χ3v) is 2.79. The summed E-state index contributed by atoms with van der Waals surface area (Å²) < 4.78 is 5.28. The van der Waals surface area contributed by atoms with Gasteiger partial charge in [-0.3, -0.25) is 4.98 Å². The number of hydrogen-bond donors (Lipinski definition) is 1. The van der Waals surface area contributed by atoms with E-state index in [-0.39, 0.29) is 0 Å². The van der Waals surface area contributed by atoms with Crippen LogP contribution in [0, 0.1) is 0 Å². The smallest absolute Gasteiger partial charge is 0.231 e. The van der Waals surface area contributed by atoms with Gasteiger partial charge in [0.25, 0.3) is 0 Å². The summed E-state index contributed by atoms with van der Waals surface area (Å²) in [4.78, 5) is 8.38. The van der Waals surface area contributed by atoms with Crippen LogP contribution in [-0.4, -0.2) is 28.2 Å². The zero-order valence-corrected chi connectivity index (χ0v) is 8.76. The van der Waals surface area contributed by atoms with E-state index in [2.05, 4.69) is 20.4 Å². The van der Waals surface area contributed by atoms with E-state index in [4.69, 9.17) is 4.52 Å². The van der Waals surface area contributed by atoms with E-state index in [0.29, 0.717) is 11.7 Å². The van der Waals surface area contributed by atoms with E-state index in [1.807, 2.05) is 12.1 Å². The third-order valence-electron chi connectivity index (χ3n) is 2.79. The van der Waals surface area contributed by atoms with Gasteiger partial charge >= 0.3 is 0 Å². The maximum Gasteiger partial charge on any atom is 0.231 e. The van der Waals surface area contributed by atoms with Crippen molar-refractivity contribution in [2.75, 3.05) is 13.1 Å². The molecule has 1 aliphatic rings. The molecule has 0 aliphatic carbocycles. The Bertz CT molecular complexity index is 462. The lowest BCUT2D eigenvalue weighted by molar-refractivity contribution is 0.359. The van der Waals surface area contributed by atoms with Crippen LogP contribution in [0.1, 0.15) is 18.2 Å². The molecule has 16 heavy (non-hydrogen) atoms. The van der Waals surface area contributed by atoms with Crippen molar-refractivity contribution in [3.63, 3.8) is 0 Å². The summed E-state index contributed by atoms with van der Waals surface area (Å²) in [5.74, 6) is 1.74. The van der Waals surface area contributed by atoms with Gasteiger partial charge in [-0.15, -0.1) is 0 Å². The molecule has 1 atom stereocenters. The second kappa shape index (κ2) is 4.02. The Hall–Kier alpha value is -1.75. The molecule has 2 aromatic rings. The fourth-order valence-electron chi connectivity index (χ4n) is 1.88. The van der Waals surface area contributed by atoms with Crippen molar-refractivity contribution in [1.82, 2.24) is 20.4 Å². The Kier molecular flexibility index (Phi) is 2.38. The molecule has 1 fully saturated rings. The lowest BCUT2D eigenvalue weighted by Crippen LogP contribution is -2.08. The first kappa shape index (κ1) is 9.47. The molecule has 3 heterocycles. The van der Waals surface area contributed by atoms with E-state index in [1.165, 1.54) is 0 Å². The van der Waals surface area contributed by atoms with E-state index in [9.17, 15) is 0 Å². The Morgan fingerprint density at radius 1 is 1.31 bits per heavy atom. The van der Waals surface area contributed by atoms with E-state index in [1.54, 1.807) is 12.4 Å². The van der Waals surface area contributed by atoms with Crippen molar-refractivity contribution < 1.29 is 4.52 Å². The summed E-state index contributed by atoms with van der Waals surface area (Å²) >= 11 is 0. The predicted octanol–water partition coefficient (Wildman–Crippen LogP) is 1.21. The minimum Gasteiger partial charge on any atom is -0.339 e. The molecule has 3 rings (SSSR count). The molecule has 5 heteroatoms. The topological polar surface area (TPSA) is 63.8 Å². The Morgan fingerprint density at radius 3 is 2.94 bits per heavy atom. The second-order valence-electron chi connectivity index (χ2n) is 3.88. The minimum absolute atomic E-state index is 0.364. The Labute approximate surface area is 92.9 Å². The monoisotopic (exact) mass is 216 g/mol. The Morgan fingerprint density at radius 2 is 2.19 bits per heavy atom. The van der Waals surface area contributed by atoms with Crippen molar-refractivity contribution in [1.29, 1.82) is 0 Å². The van der Waals surface area contributed by atoms with E-state index in [0.717, 1.165) is 31.0 Å². The summed E-state index contributed by atoms with van der Waals surface area (Å²) in [7, 11) is 0. The molecule has 2 aromatic heterocycles. The molecule has 0 radical (unpaired) electrons. The lowest BCUT2D eigenvalue weighted by atomic mass is 10.1. The standard InChI is InChI=1S/C11H12N4O/c1-4-12-5-2-8(1)10-14-11(16-15-10)9-3-6-13-7-9/h1-2,4-5,9,13H,3,6-7H2/t9-/m0/s1. The normalized spacial score (nSPS) is 20.1. The number of nitrogens with one attached hydrogen (secondary N) is 1. The highest BCUT2D eigenvalue weighted by atomic mass is 16.5. The summed E-state index contributed by atoms with van der Waals surface area (Å²) in [6.45, 7) is 1.95. The molecular formula is C11H12N4O. The quantitative estimate of drug-likeness (QED) is 0.817. The number of nitrogens with zero attached hydrogens (tertiary/aromatic N) is 3. The average Bonchev–Trinajstić information content (AvgIpc) is 3.01. The first-order chi connectivity index (χ1) is 7.93. The van der Waals surface area contributed by atoms with Crippen molar-refractivity contribution in [3.05, 3.63) is 30.4 Å². The highest BCUT2D eigenvalue weighted by Gasteiger charge is 2.22. The predicted molar refractivity (Wildman–Crippen MR) is 57.8 cm³/mol. The van der Waals surface area contributed by atoms with Gasteiger partial charge in [0, 0.05) is 24.5 Å². The number of aromatic nitrogens is 3. The molecule has 1 aliphatic heterocycles. The Balaban J connectivity index is 1.87. The molecule has 0 unspecified atom stereocenters. The summed E-state index contributed by atoms with van der Waals surface area (Å²) in [5.41, 5.74) is 0.941. The van der Waals surface area contributed by atoms with Crippen LogP contribution in [0.15, 0.2) is 29.0 Å². The zero-order valence-electron chi connectivity index (χ0n) is 8.76. The molecule has 0 amide bonds. The number of rotatable bonds is 2. The lowest BCUT2D eigenvalue weighted by Gasteiger charge is -1.98. The van der Waals surface area contributed by atoms with Gasteiger partial charge in [0.1, 0.15) is 0 Å². The highest BCUT2D eigenvalue weighted by molar-refractivity contribution is 5.52. The van der Waals surface area contributed by atoms with Crippen LogP contribution < -0.4 is 5.32 Å². The molecular weight excluding hydrogens is 204 g/mol. The van der Waals surface area contributed by atoms with Gasteiger partial charge in [0.15, 0.2) is 0 Å². The van der Waals surface area contributed by atoms with Gasteiger partial charge in [-0.1, -0.05) is 5.16 Å². The van der Waals surface area contributed by atoms with Crippen LogP contribution in [0.25, 0.3) is 11.4 Å². The minimum atomic E-state index is 0.364. The van der Waals surface area contributed by atoms with Crippen LogP contribution in [0.2, 0.25) is 0 Å². The second-order valence-corrected chi connectivity index (χ2v) is 3.88. The first-order valence-electron chi connectivity index (χ1n) is 5.38. The average molecular weight is 216 g/mol. The number of hydrogen-bond acceptors (Lipinski definition) is 5. The van der Waals surface area contributed by atoms with Crippen LogP contribution in [0.3, 0.4) is 0 Å². The van der Waals surface area contributed by atoms with Gasteiger partial charge in [-0.2, -0.15) is 4.98 Å². The van der Waals surface area contributed by atoms with Gasteiger partial charge in [-0.05, 0) is 25.1 Å². The molecule has 1 N–H and O–H groups in total. The third kappa shape index (κ3) is 1.69. The molecule has 1 saturated heterocycles. The summed E-state index contributed by atoms with van der Waals surface area (Å²) in [6, 6.07) is 3.75. The maximum absolute atomic E-state index is 5.28. The summed E-state index contributed by atoms with van der Waals surface area (Å²) in [6.07, 6.45) is 4.52. The molecule has 5 nitrogen and oxygen atoms in total. The zero-order chi connectivity index (χ0) is 10.8. The first-order valence-corrected chi connectivity index (χ1v) is 5.38. The van der Waals surface area contributed by atoms with Crippen molar-refractivity contribution >= 4 is 0 Å². The van der Waals surface area contributed by atoms with Crippen LogP contribution >= 0.6 is 0 Å². The summed E-state index contributed by atoms with van der Waals surface area (Å²) in [5, 5.41) is 7.27. The molecule has 0 bridgehead atoms. The fraction of sp³-hybridized carbons (Fsp3) is 0.364. The largest absolute Gasteiger partial charge is 0.339 e. The fourth-order valence-corrected chi connectivity index (χ4v) is 1.88. The van der Waals surface area contributed by atoms with Crippen molar-refractivity contribution in [2.24, 2.45) is 0 Å². The van der Waals surface area contributed by atoms with Crippen LogP contribution in [0.5, 0.6) is 0 Å². The molecule has 0 saturated carbocycles. The molecule has 82 valence electrons. The van der Waals surface area contributed by atoms with E-state index < -0.39 is 0 Å². The van der Waals surface area contributed by atoms with Crippen LogP contribution in [0.4, 0.5) is 0 Å². The number of pyridine rings is 1. The van der Waals surface area contributed by atoms with Gasteiger partial charge in [-0.25, -0.2) is 0 Å². The molecule has 0 spiro atoms. The maximum atomic E-state index is 5.28.